The summed E-state index contributed by atoms with van der Waals surface area (Å²) in [5, 5.41) is 0. The second kappa shape index (κ2) is 8.19. The van der Waals surface area contributed by atoms with Crippen LogP contribution < -0.4 is 0 Å². The Balaban J connectivity index is 3.48. The predicted molar refractivity (Wildman–Crippen MR) is 52.7 cm³/mol. The van der Waals surface area contributed by atoms with Crippen molar-refractivity contribution in [1.29, 1.82) is 0 Å². The molecule has 0 amide bonds. The zero-order valence-corrected chi connectivity index (χ0v) is 9.94. The van der Waals surface area contributed by atoms with Gasteiger partial charge in [-0.3, -0.25) is 0 Å². The van der Waals surface area contributed by atoms with E-state index < -0.39 is 0 Å². The van der Waals surface area contributed by atoms with Crippen LogP contribution in [0.4, 0.5) is 0 Å². The first-order valence-corrected chi connectivity index (χ1v) is 6.84. The minimum absolute atomic E-state index is 0.136. The Bertz CT molecular complexity index is 169. The first-order valence-electron chi connectivity index (χ1n) is 4.03. The van der Waals surface area contributed by atoms with E-state index in [4.69, 9.17) is 0 Å². The van der Waals surface area contributed by atoms with Gasteiger partial charge in [0.1, 0.15) is 0 Å². The fourth-order valence-corrected chi connectivity index (χ4v) is 3.15. The molecular formula is C10H16Te. The molecule has 0 unspecified atom stereocenters. The van der Waals surface area contributed by atoms with Crippen LogP contribution in [0.15, 0.2) is 9.70 Å². The molecule has 0 rings (SSSR count). The molecule has 0 fully saturated rings. The van der Waals surface area contributed by atoms with E-state index in [0.717, 1.165) is 0 Å². The average Bonchev–Trinajstić information content (AvgIpc) is 2.01. The summed E-state index contributed by atoms with van der Waals surface area (Å²) in [5.41, 5.74) is 0. The second-order valence-corrected chi connectivity index (χ2v) is 6.18. The Morgan fingerprint density at radius 3 is 2.82 bits per heavy atom. The monoisotopic (exact) mass is 266 g/mol. The molecule has 0 bridgehead atoms. The molecule has 0 nitrogen and oxygen atoms in total. The van der Waals surface area contributed by atoms with Gasteiger partial charge in [-0.25, -0.2) is 0 Å². The van der Waals surface area contributed by atoms with Gasteiger partial charge in [-0.05, 0) is 0 Å². The van der Waals surface area contributed by atoms with Crippen LogP contribution in [-0.2, 0) is 0 Å². The van der Waals surface area contributed by atoms with Gasteiger partial charge in [-0.1, -0.05) is 0 Å². The molecular weight excluding hydrogens is 248 g/mol. The normalized spacial score (nSPS) is 10.6. The summed E-state index contributed by atoms with van der Waals surface area (Å²) in [5.74, 6) is 5.88. The van der Waals surface area contributed by atoms with E-state index >= 15 is 0 Å². The van der Waals surface area contributed by atoms with E-state index in [0.29, 0.717) is 0 Å². The third-order valence-electron chi connectivity index (χ3n) is 1.25. The van der Waals surface area contributed by atoms with Crippen molar-refractivity contribution in [2.24, 2.45) is 0 Å². The molecule has 11 heavy (non-hydrogen) atoms. The van der Waals surface area contributed by atoms with Crippen molar-refractivity contribution in [1.82, 2.24) is 0 Å². The van der Waals surface area contributed by atoms with Gasteiger partial charge in [-0.2, -0.15) is 0 Å². The zero-order chi connectivity index (χ0) is 8.53. The molecule has 0 saturated carbocycles. The predicted octanol–water partition coefficient (Wildman–Crippen LogP) is 2.84. The van der Waals surface area contributed by atoms with E-state index in [-0.39, 0.29) is 20.9 Å². The number of hydrogen-bond acceptors (Lipinski definition) is 0. The zero-order valence-electron chi connectivity index (χ0n) is 7.61. The Morgan fingerprint density at radius 1 is 1.55 bits per heavy atom. The maximum absolute atomic E-state index is 3.00. The van der Waals surface area contributed by atoms with Gasteiger partial charge >= 0.3 is 80.5 Å². The fourth-order valence-electron chi connectivity index (χ4n) is 0.593. The maximum atomic E-state index is 3.00. The molecule has 1 heteroatoms. The van der Waals surface area contributed by atoms with E-state index in [1.165, 1.54) is 17.3 Å². The van der Waals surface area contributed by atoms with Crippen molar-refractivity contribution in [3.63, 3.8) is 0 Å². The van der Waals surface area contributed by atoms with Crippen LogP contribution in [0.25, 0.3) is 0 Å². The summed E-state index contributed by atoms with van der Waals surface area (Å²) < 4.78 is 2.98. The first-order chi connectivity index (χ1) is 5.31. The van der Waals surface area contributed by atoms with Crippen LogP contribution in [0.1, 0.15) is 33.6 Å². The van der Waals surface area contributed by atoms with Crippen LogP contribution in [0.2, 0.25) is 4.47 Å². The van der Waals surface area contributed by atoms with Crippen LogP contribution in [0.3, 0.4) is 0 Å². The molecule has 0 aromatic heterocycles. The molecule has 0 aromatic carbocycles. The summed E-state index contributed by atoms with van der Waals surface area (Å²) in [7, 11) is 0. The molecule has 0 heterocycles. The summed E-state index contributed by atoms with van der Waals surface area (Å²) in [6.07, 6.45) is 4.81. The van der Waals surface area contributed by atoms with Gasteiger partial charge < -0.3 is 0 Å². The summed E-state index contributed by atoms with van der Waals surface area (Å²) in [6, 6.07) is 0. The van der Waals surface area contributed by atoms with Gasteiger partial charge in [-0.15, -0.1) is 0 Å². The Hall–Kier alpha value is 0.0896. The number of unbranched alkanes of at least 4 members (excludes halogenated alkanes) is 1. The van der Waals surface area contributed by atoms with Gasteiger partial charge in [0, 0.05) is 0 Å². The number of hydrogen-bond donors (Lipinski definition) is 0. The van der Waals surface area contributed by atoms with Crippen LogP contribution in [-0.4, -0.2) is 20.9 Å². The molecule has 0 atom stereocenters. The van der Waals surface area contributed by atoms with Gasteiger partial charge in [0.25, 0.3) is 0 Å². The van der Waals surface area contributed by atoms with E-state index in [2.05, 4.69) is 31.8 Å². The molecule has 62 valence electrons. The number of allylic oxidation sites excluding steroid dienone is 2. The van der Waals surface area contributed by atoms with E-state index in [1.54, 1.807) is 3.62 Å². The Labute approximate surface area is 80.5 Å². The molecule has 0 radical (unpaired) electrons. The van der Waals surface area contributed by atoms with Gasteiger partial charge in [0.05, 0.1) is 0 Å². The Morgan fingerprint density at radius 2 is 2.27 bits per heavy atom. The molecule has 0 aliphatic heterocycles. The topological polar surface area (TPSA) is 0 Å². The summed E-state index contributed by atoms with van der Waals surface area (Å²) >= 11 is 0.136. The minimum atomic E-state index is 0.136. The van der Waals surface area contributed by atoms with Gasteiger partial charge in [0.15, 0.2) is 0 Å². The Kier molecular flexibility index (Phi) is 8.26. The quantitative estimate of drug-likeness (QED) is 0.416. The molecule has 0 aliphatic carbocycles. The molecule has 0 N–H and O–H groups in total. The van der Waals surface area contributed by atoms with Crippen molar-refractivity contribution in [3.8, 4) is 11.8 Å². The molecule has 0 spiro atoms. The van der Waals surface area contributed by atoms with Crippen LogP contribution >= 0.6 is 0 Å². The second-order valence-electron chi connectivity index (χ2n) is 2.35. The van der Waals surface area contributed by atoms with Crippen molar-refractivity contribution in [2.75, 3.05) is 0 Å². The van der Waals surface area contributed by atoms with E-state index in [1.807, 2.05) is 6.92 Å². The van der Waals surface area contributed by atoms with Crippen LogP contribution in [0.5, 0.6) is 0 Å². The van der Waals surface area contributed by atoms with Crippen molar-refractivity contribution < 1.29 is 0 Å². The standard InChI is InChI=1S/C10H16Te/c1-4-6-8-10(3)11-9-7-5-2/h8H,5,7,9H2,1-3H3/b10-8+. The summed E-state index contributed by atoms with van der Waals surface area (Å²) in [6.45, 7) is 6.34. The van der Waals surface area contributed by atoms with Crippen molar-refractivity contribution >= 4 is 20.9 Å². The van der Waals surface area contributed by atoms with Crippen molar-refractivity contribution in [3.05, 3.63) is 9.70 Å². The van der Waals surface area contributed by atoms with Crippen LogP contribution in [0, 0.1) is 11.8 Å². The summed E-state index contributed by atoms with van der Waals surface area (Å²) in [4.78, 5) is 0. The van der Waals surface area contributed by atoms with Gasteiger partial charge in [0.2, 0.25) is 0 Å². The molecule has 0 saturated heterocycles. The first kappa shape index (κ1) is 11.1. The third kappa shape index (κ3) is 7.99. The number of rotatable bonds is 4. The molecule has 0 aliphatic rings. The average molecular weight is 264 g/mol. The third-order valence-corrected chi connectivity index (χ3v) is 4.29. The fraction of sp³-hybridized carbons (Fsp3) is 0.600. The van der Waals surface area contributed by atoms with E-state index in [9.17, 15) is 0 Å². The van der Waals surface area contributed by atoms with Crippen molar-refractivity contribution in [2.45, 2.75) is 38.1 Å². The SMILES string of the molecule is CC#C/C=C(\C)[Te]CCCC. The molecule has 0 aromatic rings.